The van der Waals surface area contributed by atoms with E-state index < -0.39 is 6.10 Å². The second-order valence-electron chi connectivity index (χ2n) is 5.12. The molecule has 2 aromatic rings. The third-order valence-corrected chi connectivity index (χ3v) is 3.32. The normalized spacial score (nSPS) is 11.9. The lowest BCUT2D eigenvalue weighted by Gasteiger charge is -2.09. The molecule has 5 nitrogen and oxygen atoms in total. The molecule has 116 valence electrons. The number of nitrogens with one attached hydrogen (secondary N) is 1. The summed E-state index contributed by atoms with van der Waals surface area (Å²) in [6, 6.07) is 10.6. The standard InChI is InChI=1S/C17H19NO4/c1-12-4-6-13(7-5-12)14(19)8-9-17(21)18-11-15(20)16-3-2-10-22-16/h2-7,10,15,20H,8-9,11H2,1H3,(H,18,21). The fraction of sp³-hybridized carbons (Fsp3) is 0.294. The number of carbonyl (C=O) groups excluding carboxylic acids is 2. The number of carbonyl (C=O) groups is 2. The smallest absolute Gasteiger partial charge is 0.220 e. The summed E-state index contributed by atoms with van der Waals surface area (Å²) < 4.78 is 5.04. The van der Waals surface area contributed by atoms with Crippen LogP contribution >= 0.6 is 0 Å². The number of aryl methyl sites for hydroxylation is 1. The second kappa shape index (κ2) is 7.56. The lowest BCUT2D eigenvalue weighted by Crippen LogP contribution is -2.28. The summed E-state index contributed by atoms with van der Waals surface area (Å²) in [5.74, 6) is 0.0591. The van der Waals surface area contributed by atoms with E-state index in [-0.39, 0.29) is 31.1 Å². The Hall–Kier alpha value is -2.40. The molecule has 1 heterocycles. The molecule has 1 aromatic carbocycles. The number of benzene rings is 1. The molecule has 0 bridgehead atoms. The van der Waals surface area contributed by atoms with Crippen molar-refractivity contribution in [2.75, 3.05) is 6.54 Å². The van der Waals surface area contributed by atoms with Crippen LogP contribution in [0.25, 0.3) is 0 Å². The quantitative estimate of drug-likeness (QED) is 0.770. The van der Waals surface area contributed by atoms with Crippen molar-refractivity contribution < 1.29 is 19.1 Å². The zero-order chi connectivity index (χ0) is 15.9. The van der Waals surface area contributed by atoms with Crippen molar-refractivity contribution >= 4 is 11.7 Å². The number of hydrogen-bond donors (Lipinski definition) is 2. The Balaban J connectivity index is 1.73. The Labute approximate surface area is 129 Å². The van der Waals surface area contributed by atoms with Crippen molar-refractivity contribution in [2.24, 2.45) is 0 Å². The highest BCUT2D eigenvalue weighted by Crippen LogP contribution is 2.12. The largest absolute Gasteiger partial charge is 0.467 e. The van der Waals surface area contributed by atoms with Gasteiger partial charge in [0.1, 0.15) is 11.9 Å². The fourth-order valence-corrected chi connectivity index (χ4v) is 1.99. The van der Waals surface area contributed by atoms with Crippen LogP contribution in [0.3, 0.4) is 0 Å². The first kappa shape index (κ1) is 16.0. The number of aliphatic hydroxyl groups is 1. The van der Waals surface area contributed by atoms with E-state index in [9.17, 15) is 14.7 Å². The molecule has 0 aliphatic rings. The zero-order valence-corrected chi connectivity index (χ0v) is 12.4. The molecule has 0 aliphatic heterocycles. The second-order valence-corrected chi connectivity index (χ2v) is 5.12. The fourth-order valence-electron chi connectivity index (χ4n) is 1.99. The average Bonchev–Trinajstić information content (AvgIpc) is 3.05. The number of Topliss-reactive ketones (excluding diaryl/α,β-unsaturated/α-hetero) is 1. The lowest BCUT2D eigenvalue weighted by atomic mass is 10.0. The number of ketones is 1. The van der Waals surface area contributed by atoms with Crippen LogP contribution in [-0.4, -0.2) is 23.3 Å². The van der Waals surface area contributed by atoms with Gasteiger partial charge in [0.2, 0.25) is 5.91 Å². The molecule has 2 rings (SSSR count). The Morgan fingerprint density at radius 3 is 2.55 bits per heavy atom. The van der Waals surface area contributed by atoms with E-state index in [0.717, 1.165) is 5.56 Å². The van der Waals surface area contributed by atoms with Crippen molar-refractivity contribution in [3.05, 3.63) is 59.5 Å². The Morgan fingerprint density at radius 1 is 1.18 bits per heavy atom. The van der Waals surface area contributed by atoms with E-state index >= 15 is 0 Å². The number of hydrogen-bond acceptors (Lipinski definition) is 4. The van der Waals surface area contributed by atoms with Crippen molar-refractivity contribution in [1.29, 1.82) is 0 Å². The van der Waals surface area contributed by atoms with E-state index in [1.165, 1.54) is 6.26 Å². The number of furan rings is 1. The predicted octanol–water partition coefficient (Wildman–Crippen LogP) is 2.40. The number of amides is 1. The van der Waals surface area contributed by atoms with E-state index in [4.69, 9.17) is 4.42 Å². The topological polar surface area (TPSA) is 79.5 Å². The SMILES string of the molecule is Cc1ccc(C(=O)CCC(=O)NCC(O)c2ccco2)cc1. The summed E-state index contributed by atoms with van der Waals surface area (Å²) in [6.07, 6.45) is 0.816. The van der Waals surface area contributed by atoms with Crippen molar-refractivity contribution in [2.45, 2.75) is 25.9 Å². The van der Waals surface area contributed by atoms with Gasteiger partial charge in [0.15, 0.2) is 5.78 Å². The van der Waals surface area contributed by atoms with Crippen molar-refractivity contribution in [3.63, 3.8) is 0 Å². The molecule has 1 unspecified atom stereocenters. The molecule has 0 spiro atoms. The van der Waals surface area contributed by atoms with Gasteiger partial charge in [0.25, 0.3) is 0 Å². The van der Waals surface area contributed by atoms with Gasteiger partial charge in [-0.1, -0.05) is 29.8 Å². The highest BCUT2D eigenvalue weighted by Gasteiger charge is 2.13. The van der Waals surface area contributed by atoms with Gasteiger partial charge in [-0.25, -0.2) is 0 Å². The maximum atomic E-state index is 11.9. The van der Waals surface area contributed by atoms with Crippen molar-refractivity contribution in [3.8, 4) is 0 Å². The van der Waals surface area contributed by atoms with Crippen LogP contribution in [0, 0.1) is 6.92 Å². The Bertz CT molecular complexity index is 617. The van der Waals surface area contributed by atoms with E-state index in [1.807, 2.05) is 19.1 Å². The van der Waals surface area contributed by atoms with Crippen LogP contribution < -0.4 is 5.32 Å². The van der Waals surface area contributed by atoms with Gasteiger partial charge in [0, 0.05) is 18.4 Å². The molecule has 1 aromatic heterocycles. The highest BCUT2D eigenvalue weighted by molar-refractivity contribution is 5.97. The van der Waals surface area contributed by atoms with Crippen LogP contribution in [0.5, 0.6) is 0 Å². The summed E-state index contributed by atoms with van der Waals surface area (Å²) in [5, 5.41) is 12.3. The molecule has 22 heavy (non-hydrogen) atoms. The molecule has 1 amide bonds. The molecule has 2 N–H and O–H groups in total. The molecule has 5 heteroatoms. The predicted molar refractivity (Wildman–Crippen MR) is 81.4 cm³/mol. The summed E-state index contributed by atoms with van der Waals surface area (Å²) in [6.45, 7) is 2.01. The molecular weight excluding hydrogens is 282 g/mol. The minimum Gasteiger partial charge on any atom is -0.467 e. The van der Waals surface area contributed by atoms with Gasteiger partial charge >= 0.3 is 0 Å². The lowest BCUT2D eigenvalue weighted by molar-refractivity contribution is -0.121. The highest BCUT2D eigenvalue weighted by atomic mass is 16.4. The first-order valence-electron chi connectivity index (χ1n) is 7.14. The third kappa shape index (κ3) is 4.56. The van der Waals surface area contributed by atoms with Crippen LogP contribution in [0.15, 0.2) is 47.1 Å². The summed E-state index contributed by atoms with van der Waals surface area (Å²) >= 11 is 0. The average molecular weight is 301 g/mol. The summed E-state index contributed by atoms with van der Waals surface area (Å²) in [5.41, 5.74) is 1.69. The summed E-state index contributed by atoms with van der Waals surface area (Å²) in [7, 11) is 0. The van der Waals surface area contributed by atoms with E-state index in [1.54, 1.807) is 24.3 Å². The monoisotopic (exact) mass is 301 g/mol. The van der Waals surface area contributed by atoms with Crippen molar-refractivity contribution in [1.82, 2.24) is 5.32 Å². The van der Waals surface area contributed by atoms with Crippen LogP contribution in [0.1, 0.15) is 40.6 Å². The maximum absolute atomic E-state index is 11.9. The van der Waals surface area contributed by atoms with Crippen LogP contribution in [-0.2, 0) is 4.79 Å². The van der Waals surface area contributed by atoms with Crippen LogP contribution in [0.4, 0.5) is 0 Å². The first-order chi connectivity index (χ1) is 10.6. The maximum Gasteiger partial charge on any atom is 0.220 e. The van der Waals surface area contributed by atoms with Gasteiger partial charge in [0.05, 0.1) is 12.8 Å². The minimum atomic E-state index is -0.883. The molecular formula is C17H19NO4. The molecule has 0 saturated carbocycles. The third-order valence-electron chi connectivity index (χ3n) is 3.32. The summed E-state index contributed by atoms with van der Waals surface area (Å²) in [4.78, 5) is 23.6. The number of rotatable bonds is 7. The Morgan fingerprint density at radius 2 is 1.91 bits per heavy atom. The van der Waals surface area contributed by atoms with Gasteiger partial charge in [-0.05, 0) is 19.1 Å². The Kier molecular flexibility index (Phi) is 5.49. The van der Waals surface area contributed by atoms with Crippen LogP contribution in [0.2, 0.25) is 0 Å². The first-order valence-corrected chi connectivity index (χ1v) is 7.14. The van der Waals surface area contributed by atoms with Gasteiger partial charge in [-0.3, -0.25) is 9.59 Å². The van der Waals surface area contributed by atoms with Gasteiger partial charge in [-0.2, -0.15) is 0 Å². The van der Waals surface area contributed by atoms with E-state index in [0.29, 0.717) is 11.3 Å². The molecule has 0 saturated heterocycles. The molecule has 0 radical (unpaired) electrons. The number of aliphatic hydroxyl groups excluding tert-OH is 1. The molecule has 0 fully saturated rings. The van der Waals surface area contributed by atoms with E-state index in [2.05, 4.69) is 5.32 Å². The minimum absolute atomic E-state index is 0.0606. The molecule has 0 aliphatic carbocycles. The van der Waals surface area contributed by atoms with Gasteiger partial charge in [-0.15, -0.1) is 0 Å². The zero-order valence-electron chi connectivity index (χ0n) is 12.4. The molecule has 1 atom stereocenters. The van der Waals surface area contributed by atoms with Gasteiger partial charge < -0.3 is 14.8 Å².